The van der Waals surface area contributed by atoms with Crippen molar-refractivity contribution in [2.45, 2.75) is 6.92 Å². The fourth-order valence-electron chi connectivity index (χ4n) is 1.26. The van der Waals surface area contributed by atoms with Crippen LogP contribution in [0.1, 0.15) is 6.92 Å². The molecular weight excluding hydrogens is 230 g/mol. The Morgan fingerprint density at radius 1 is 1.33 bits per heavy atom. The van der Waals surface area contributed by atoms with E-state index in [9.17, 15) is 9.90 Å². The zero-order valence-electron chi connectivity index (χ0n) is 10.4. The van der Waals surface area contributed by atoms with Crippen molar-refractivity contribution in [3.63, 3.8) is 0 Å². The molecule has 18 heavy (non-hydrogen) atoms. The molecule has 2 aromatic rings. The monoisotopic (exact) mass is 245 g/mol. The van der Waals surface area contributed by atoms with Crippen LogP contribution in [0.25, 0.3) is 10.9 Å². The predicted octanol–water partition coefficient (Wildman–Crippen LogP) is 2.68. The fourth-order valence-corrected chi connectivity index (χ4v) is 1.26. The van der Waals surface area contributed by atoms with Gasteiger partial charge in [0, 0.05) is 17.2 Å². The van der Waals surface area contributed by atoms with Crippen molar-refractivity contribution in [2.75, 3.05) is 7.11 Å². The second kappa shape index (κ2) is 6.39. The molecule has 0 bridgehead atoms. The van der Waals surface area contributed by atoms with Gasteiger partial charge in [-0.15, -0.1) is 0 Å². The van der Waals surface area contributed by atoms with E-state index in [2.05, 4.69) is 16.3 Å². The van der Waals surface area contributed by atoms with E-state index in [1.165, 1.54) is 7.11 Å². The van der Waals surface area contributed by atoms with Gasteiger partial charge in [-0.25, -0.2) is 4.79 Å². The van der Waals surface area contributed by atoms with Crippen molar-refractivity contribution in [3.05, 3.63) is 48.7 Å². The molecule has 0 radical (unpaired) electrons. The van der Waals surface area contributed by atoms with E-state index in [0.29, 0.717) is 11.1 Å². The molecule has 0 saturated carbocycles. The van der Waals surface area contributed by atoms with Crippen LogP contribution in [-0.4, -0.2) is 23.2 Å². The molecule has 0 spiro atoms. The Morgan fingerprint density at radius 3 is 2.50 bits per heavy atom. The highest BCUT2D eigenvalue weighted by Crippen LogP contribution is 2.20. The smallest absolute Gasteiger partial charge is 0.332 e. The fraction of sp³-hybridized carbons (Fsp3) is 0.143. The van der Waals surface area contributed by atoms with Crippen LogP contribution in [0, 0.1) is 0 Å². The molecule has 1 heterocycles. The minimum atomic E-state index is -0.347. The molecule has 1 N–H and O–H groups in total. The highest BCUT2D eigenvalue weighted by molar-refractivity contribution is 5.86. The normalized spacial score (nSPS) is 9.22. The number of carbonyl (C=O) groups is 1. The van der Waals surface area contributed by atoms with Crippen LogP contribution in [0.3, 0.4) is 0 Å². The van der Waals surface area contributed by atoms with E-state index < -0.39 is 0 Å². The number of hydrogen-bond acceptors (Lipinski definition) is 4. The third-order valence-corrected chi connectivity index (χ3v) is 2.15. The van der Waals surface area contributed by atoms with Gasteiger partial charge in [0.1, 0.15) is 11.3 Å². The third kappa shape index (κ3) is 3.59. The van der Waals surface area contributed by atoms with Crippen molar-refractivity contribution in [1.29, 1.82) is 0 Å². The van der Waals surface area contributed by atoms with Crippen molar-refractivity contribution >= 4 is 16.9 Å². The lowest BCUT2D eigenvalue weighted by atomic mass is 10.2. The largest absolute Gasteiger partial charge is 0.506 e. The molecule has 0 unspecified atom stereocenters. The summed E-state index contributed by atoms with van der Waals surface area (Å²) >= 11 is 0. The first-order valence-electron chi connectivity index (χ1n) is 5.32. The van der Waals surface area contributed by atoms with E-state index in [-0.39, 0.29) is 11.7 Å². The quantitative estimate of drug-likeness (QED) is 0.620. The zero-order valence-corrected chi connectivity index (χ0v) is 10.4. The zero-order chi connectivity index (χ0) is 13.5. The van der Waals surface area contributed by atoms with Gasteiger partial charge >= 0.3 is 5.97 Å². The number of phenolic OH excluding ortho intramolecular Hbond substituents is 1. The SMILES string of the molecule is C=C(C)C(=O)OC.Oc1cccc2cccnc12. The van der Waals surface area contributed by atoms with Crippen molar-refractivity contribution in [1.82, 2.24) is 4.98 Å². The lowest BCUT2D eigenvalue weighted by Crippen LogP contribution is -1.98. The number of nitrogens with zero attached hydrogens (tertiary/aromatic N) is 1. The molecule has 4 nitrogen and oxygen atoms in total. The second-order valence-corrected chi connectivity index (χ2v) is 3.62. The number of phenols is 1. The average Bonchev–Trinajstić information content (AvgIpc) is 2.39. The summed E-state index contributed by atoms with van der Waals surface area (Å²) in [5, 5.41) is 10.3. The average molecular weight is 245 g/mol. The first kappa shape index (κ1) is 13.7. The number of fused-ring (bicyclic) bond motifs is 1. The highest BCUT2D eigenvalue weighted by Gasteiger charge is 1.96. The molecule has 4 heteroatoms. The van der Waals surface area contributed by atoms with Crippen molar-refractivity contribution < 1.29 is 14.6 Å². The van der Waals surface area contributed by atoms with E-state index in [4.69, 9.17) is 0 Å². The topological polar surface area (TPSA) is 59.4 Å². The van der Waals surface area contributed by atoms with Crippen molar-refractivity contribution in [2.24, 2.45) is 0 Å². The van der Waals surface area contributed by atoms with E-state index in [1.54, 1.807) is 25.3 Å². The minimum Gasteiger partial charge on any atom is -0.506 e. The first-order chi connectivity index (χ1) is 8.56. The van der Waals surface area contributed by atoms with E-state index >= 15 is 0 Å². The lowest BCUT2D eigenvalue weighted by Gasteiger charge is -1.96. The molecule has 2 rings (SSSR count). The van der Waals surface area contributed by atoms with Crippen LogP contribution in [0.2, 0.25) is 0 Å². The molecule has 0 atom stereocenters. The predicted molar refractivity (Wildman–Crippen MR) is 70.2 cm³/mol. The molecule has 0 aliphatic heterocycles. The Morgan fingerprint density at radius 2 is 2.00 bits per heavy atom. The maximum Gasteiger partial charge on any atom is 0.332 e. The molecule has 0 saturated heterocycles. The number of rotatable bonds is 1. The van der Waals surface area contributed by atoms with Gasteiger partial charge in [-0.05, 0) is 19.1 Å². The maximum absolute atomic E-state index is 10.2. The number of ether oxygens (including phenoxy) is 1. The van der Waals surface area contributed by atoms with Gasteiger partial charge in [0.05, 0.1) is 7.11 Å². The van der Waals surface area contributed by atoms with E-state index in [0.717, 1.165) is 5.39 Å². The van der Waals surface area contributed by atoms with Gasteiger partial charge in [-0.3, -0.25) is 4.98 Å². The highest BCUT2D eigenvalue weighted by atomic mass is 16.5. The number of aromatic hydroxyl groups is 1. The van der Waals surface area contributed by atoms with Gasteiger partial charge in [-0.1, -0.05) is 24.8 Å². The molecule has 0 fully saturated rings. The number of carbonyl (C=O) groups excluding carboxylic acids is 1. The number of pyridine rings is 1. The molecule has 94 valence electrons. The van der Waals surface area contributed by atoms with E-state index in [1.807, 2.05) is 18.2 Å². The first-order valence-corrected chi connectivity index (χ1v) is 5.32. The Balaban J connectivity index is 0.000000203. The van der Waals surface area contributed by atoms with Gasteiger partial charge in [-0.2, -0.15) is 0 Å². The van der Waals surface area contributed by atoms with Crippen LogP contribution in [0.15, 0.2) is 48.7 Å². The summed E-state index contributed by atoms with van der Waals surface area (Å²) in [7, 11) is 1.33. The minimum absolute atomic E-state index is 0.239. The van der Waals surface area contributed by atoms with Crippen LogP contribution >= 0.6 is 0 Å². The third-order valence-electron chi connectivity index (χ3n) is 2.15. The van der Waals surface area contributed by atoms with Crippen molar-refractivity contribution in [3.8, 4) is 5.75 Å². The second-order valence-electron chi connectivity index (χ2n) is 3.62. The van der Waals surface area contributed by atoms with Gasteiger partial charge in [0.2, 0.25) is 0 Å². The Labute approximate surface area is 106 Å². The standard InChI is InChI=1S/C9H7NO.C5H8O2/c11-8-5-1-3-7-4-2-6-10-9(7)8;1-4(2)5(6)7-3/h1-6,11H;1H2,2-3H3. The molecular formula is C14H15NO3. The van der Waals surface area contributed by atoms with Crippen LogP contribution in [0.4, 0.5) is 0 Å². The molecule has 0 amide bonds. The van der Waals surface area contributed by atoms with Gasteiger partial charge in [0.15, 0.2) is 0 Å². The Hall–Kier alpha value is -2.36. The summed E-state index contributed by atoms with van der Waals surface area (Å²) in [5.41, 5.74) is 1.09. The number of para-hydroxylation sites is 1. The lowest BCUT2D eigenvalue weighted by molar-refractivity contribution is -0.136. The number of esters is 1. The molecule has 1 aromatic carbocycles. The summed E-state index contributed by atoms with van der Waals surface area (Å²) < 4.78 is 4.27. The molecule has 1 aromatic heterocycles. The van der Waals surface area contributed by atoms with Gasteiger partial charge < -0.3 is 9.84 Å². The molecule has 0 aliphatic rings. The summed E-state index contributed by atoms with van der Waals surface area (Å²) in [6.07, 6.45) is 1.67. The summed E-state index contributed by atoms with van der Waals surface area (Å²) in [5.74, 6) is -0.108. The Kier molecular flexibility index (Phi) is 4.87. The number of aromatic nitrogens is 1. The summed E-state index contributed by atoms with van der Waals surface area (Å²) in [4.78, 5) is 14.2. The van der Waals surface area contributed by atoms with Gasteiger partial charge in [0.25, 0.3) is 0 Å². The summed E-state index contributed by atoms with van der Waals surface area (Å²) in [6, 6.07) is 9.13. The van der Waals surface area contributed by atoms with Crippen LogP contribution < -0.4 is 0 Å². The Bertz CT molecular complexity index is 558. The summed E-state index contributed by atoms with van der Waals surface area (Å²) in [6.45, 7) is 4.95. The van der Waals surface area contributed by atoms with Crippen LogP contribution in [0.5, 0.6) is 5.75 Å². The molecule has 0 aliphatic carbocycles. The number of hydrogen-bond donors (Lipinski definition) is 1. The van der Waals surface area contributed by atoms with Crippen LogP contribution in [-0.2, 0) is 9.53 Å². The number of methoxy groups -OCH3 is 1. The number of benzene rings is 1. The maximum atomic E-state index is 10.2.